The van der Waals surface area contributed by atoms with Gasteiger partial charge in [-0.25, -0.2) is 4.39 Å². The Hall–Kier alpha value is -2.89. The van der Waals surface area contributed by atoms with Gasteiger partial charge in [-0.05, 0) is 55.5 Å². The second kappa shape index (κ2) is 9.74. The van der Waals surface area contributed by atoms with Crippen molar-refractivity contribution in [3.05, 3.63) is 65.5 Å². The number of rotatable bonds is 6. The van der Waals surface area contributed by atoms with Crippen molar-refractivity contribution in [1.29, 1.82) is 0 Å². The highest BCUT2D eigenvalue weighted by molar-refractivity contribution is 5.94. The van der Waals surface area contributed by atoms with Gasteiger partial charge in [0, 0.05) is 24.7 Å². The minimum absolute atomic E-state index is 0.0392. The molecule has 3 rings (SSSR count). The molecule has 1 aliphatic rings. The van der Waals surface area contributed by atoms with Crippen molar-refractivity contribution in [1.82, 2.24) is 10.2 Å². The topological polar surface area (TPSA) is 58.6 Å². The lowest BCUT2D eigenvalue weighted by molar-refractivity contribution is -0.139. The number of hydrogen-bond donors (Lipinski definition) is 1. The Balaban J connectivity index is 1.52. The fraction of sp³-hybridized carbons (Fsp3) is 0.417. The van der Waals surface area contributed by atoms with Crippen molar-refractivity contribution >= 4 is 11.8 Å². The van der Waals surface area contributed by atoms with E-state index in [1.807, 2.05) is 24.3 Å². The Labute approximate surface area is 177 Å². The van der Waals surface area contributed by atoms with Crippen molar-refractivity contribution in [3.63, 3.8) is 0 Å². The standard InChI is InChI=1S/C24H29FN2O3/c1-16(2)21-9-4-5-10-22(21)30-17(3)24(29)27-13-11-20(12-14-27)26-23(28)18-7-6-8-19(25)15-18/h4-10,15-17,20H,11-14H2,1-3H3,(H,26,28). The van der Waals surface area contributed by atoms with E-state index in [9.17, 15) is 14.0 Å². The predicted octanol–water partition coefficient (Wildman–Crippen LogP) is 4.14. The summed E-state index contributed by atoms with van der Waals surface area (Å²) in [6, 6.07) is 13.4. The summed E-state index contributed by atoms with van der Waals surface area (Å²) >= 11 is 0. The second-order valence-corrected chi connectivity index (χ2v) is 8.04. The zero-order chi connectivity index (χ0) is 21.7. The Morgan fingerprint density at radius 2 is 1.77 bits per heavy atom. The summed E-state index contributed by atoms with van der Waals surface area (Å²) in [7, 11) is 0. The van der Waals surface area contributed by atoms with Crippen molar-refractivity contribution in [2.75, 3.05) is 13.1 Å². The molecular formula is C24H29FN2O3. The molecule has 0 radical (unpaired) electrons. The zero-order valence-corrected chi connectivity index (χ0v) is 17.7. The summed E-state index contributed by atoms with van der Waals surface area (Å²) < 4.78 is 19.3. The smallest absolute Gasteiger partial charge is 0.263 e. The summed E-state index contributed by atoms with van der Waals surface area (Å²) in [6.45, 7) is 7.06. The molecule has 0 spiro atoms. The molecule has 30 heavy (non-hydrogen) atoms. The molecule has 1 aliphatic heterocycles. The summed E-state index contributed by atoms with van der Waals surface area (Å²) in [5.74, 6) is 0.271. The molecule has 1 fully saturated rings. The average molecular weight is 413 g/mol. The molecule has 5 nitrogen and oxygen atoms in total. The fourth-order valence-corrected chi connectivity index (χ4v) is 3.71. The molecule has 0 aliphatic carbocycles. The summed E-state index contributed by atoms with van der Waals surface area (Å²) in [5, 5.41) is 2.94. The highest BCUT2D eigenvalue weighted by Gasteiger charge is 2.28. The molecule has 1 heterocycles. The Kier molecular flexibility index (Phi) is 7.08. The molecule has 1 saturated heterocycles. The normalized spacial score (nSPS) is 15.7. The largest absolute Gasteiger partial charge is 0.481 e. The van der Waals surface area contributed by atoms with Crippen LogP contribution in [-0.2, 0) is 4.79 Å². The number of carbonyl (C=O) groups excluding carboxylic acids is 2. The van der Waals surface area contributed by atoms with Gasteiger partial charge in [0.1, 0.15) is 11.6 Å². The molecule has 0 saturated carbocycles. The van der Waals surface area contributed by atoms with Crippen molar-refractivity contribution in [3.8, 4) is 5.75 Å². The summed E-state index contributed by atoms with van der Waals surface area (Å²) in [6.07, 6.45) is 0.729. The first-order chi connectivity index (χ1) is 14.3. The number of nitrogens with one attached hydrogen (secondary N) is 1. The fourth-order valence-electron chi connectivity index (χ4n) is 3.71. The number of para-hydroxylation sites is 1. The van der Waals surface area contributed by atoms with Gasteiger partial charge in [0.2, 0.25) is 0 Å². The van der Waals surface area contributed by atoms with E-state index in [0.29, 0.717) is 37.4 Å². The van der Waals surface area contributed by atoms with Crippen molar-refractivity contribution in [2.24, 2.45) is 0 Å². The van der Waals surface area contributed by atoms with Crippen LogP contribution in [0.25, 0.3) is 0 Å². The monoisotopic (exact) mass is 412 g/mol. The van der Waals surface area contributed by atoms with E-state index >= 15 is 0 Å². The van der Waals surface area contributed by atoms with Crippen LogP contribution in [0.4, 0.5) is 4.39 Å². The minimum atomic E-state index is -0.580. The van der Waals surface area contributed by atoms with Gasteiger partial charge in [-0.2, -0.15) is 0 Å². The lowest BCUT2D eigenvalue weighted by Crippen LogP contribution is -2.49. The highest BCUT2D eigenvalue weighted by Crippen LogP contribution is 2.27. The number of halogens is 1. The van der Waals surface area contributed by atoms with Gasteiger partial charge >= 0.3 is 0 Å². The number of ether oxygens (including phenoxy) is 1. The number of likely N-dealkylation sites (tertiary alicyclic amines) is 1. The van der Waals surface area contributed by atoms with E-state index < -0.39 is 11.9 Å². The van der Waals surface area contributed by atoms with E-state index in [4.69, 9.17) is 4.74 Å². The first-order valence-corrected chi connectivity index (χ1v) is 10.5. The Morgan fingerprint density at radius 1 is 1.07 bits per heavy atom. The molecule has 1 atom stereocenters. The highest BCUT2D eigenvalue weighted by atomic mass is 19.1. The molecule has 2 amide bonds. The second-order valence-electron chi connectivity index (χ2n) is 8.04. The maximum Gasteiger partial charge on any atom is 0.263 e. The van der Waals surface area contributed by atoms with E-state index in [0.717, 1.165) is 11.3 Å². The van der Waals surface area contributed by atoms with Crippen LogP contribution < -0.4 is 10.1 Å². The van der Waals surface area contributed by atoms with Crippen LogP contribution in [0.5, 0.6) is 5.75 Å². The maximum atomic E-state index is 13.3. The first kappa shape index (κ1) is 21.8. The van der Waals surface area contributed by atoms with Crippen LogP contribution in [0.1, 0.15) is 55.5 Å². The molecular weight excluding hydrogens is 383 g/mol. The van der Waals surface area contributed by atoms with E-state index in [2.05, 4.69) is 19.2 Å². The van der Waals surface area contributed by atoms with Crippen LogP contribution in [0.2, 0.25) is 0 Å². The molecule has 160 valence electrons. The number of piperidine rings is 1. The summed E-state index contributed by atoms with van der Waals surface area (Å²) in [5.41, 5.74) is 1.38. The van der Waals surface area contributed by atoms with Gasteiger partial charge in [0.05, 0.1) is 0 Å². The van der Waals surface area contributed by atoms with Crippen LogP contribution >= 0.6 is 0 Å². The van der Waals surface area contributed by atoms with Crippen LogP contribution in [0.3, 0.4) is 0 Å². The molecule has 0 bridgehead atoms. The van der Waals surface area contributed by atoms with Crippen LogP contribution in [0.15, 0.2) is 48.5 Å². The maximum absolute atomic E-state index is 13.3. The summed E-state index contributed by atoms with van der Waals surface area (Å²) in [4.78, 5) is 26.9. The molecule has 2 aromatic carbocycles. The Morgan fingerprint density at radius 3 is 2.43 bits per heavy atom. The number of hydrogen-bond acceptors (Lipinski definition) is 3. The zero-order valence-electron chi connectivity index (χ0n) is 17.7. The molecule has 1 unspecified atom stereocenters. The molecule has 1 N–H and O–H groups in total. The van der Waals surface area contributed by atoms with E-state index in [-0.39, 0.29) is 17.9 Å². The van der Waals surface area contributed by atoms with Crippen molar-refractivity contribution in [2.45, 2.75) is 51.7 Å². The Bertz CT molecular complexity index is 892. The van der Waals surface area contributed by atoms with Crippen LogP contribution in [-0.4, -0.2) is 41.9 Å². The van der Waals surface area contributed by atoms with E-state index in [1.54, 1.807) is 17.9 Å². The lowest BCUT2D eigenvalue weighted by atomic mass is 10.0. The molecule has 2 aromatic rings. The number of benzene rings is 2. The quantitative estimate of drug-likeness (QED) is 0.776. The molecule has 6 heteroatoms. The SMILES string of the molecule is CC(Oc1ccccc1C(C)C)C(=O)N1CCC(NC(=O)c2cccc(F)c2)CC1. The van der Waals surface area contributed by atoms with Gasteiger partial charge in [0.25, 0.3) is 11.8 Å². The van der Waals surface area contributed by atoms with Gasteiger partial charge in [0.15, 0.2) is 6.10 Å². The van der Waals surface area contributed by atoms with Gasteiger partial charge in [-0.15, -0.1) is 0 Å². The third-order valence-corrected chi connectivity index (χ3v) is 5.42. The number of nitrogens with zero attached hydrogens (tertiary/aromatic N) is 1. The van der Waals surface area contributed by atoms with Gasteiger partial charge < -0.3 is 15.0 Å². The average Bonchev–Trinajstić information content (AvgIpc) is 2.74. The number of amides is 2. The molecule has 0 aromatic heterocycles. The lowest BCUT2D eigenvalue weighted by Gasteiger charge is -2.34. The third-order valence-electron chi connectivity index (χ3n) is 5.42. The van der Waals surface area contributed by atoms with E-state index in [1.165, 1.54) is 18.2 Å². The third kappa shape index (κ3) is 5.38. The predicted molar refractivity (Wildman–Crippen MR) is 114 cm³/mol. The minimum Gasteiger partial charge on any atom is -0.481 e. The number of carbonyl (C=O) groups is 2. The van der Waals surface area contributed by atoms with Crippen LogP contribution in [0, 0.1) is 5.82 Å². The van der Waals surface area contributed by atoms with Crippen molar-refractivity contribution < 1.29 is 18.7 Å². The van der Waals surface area contributed by atoms with Gasteiger partial charge in [-0.1, -0.05) is 38.1 Å². The van der Waals surface area contributed by atoms with Gasteiger partial charge in [-0.3, -0.25) is 9.59 Å². The first-order valence-electron chi connectivity index (χ1n) is 10.5.